The van der Waals surface area contributed by atoms with Crippen molar-refractivity contribution in [2.45, 2.75) is 30.1 Å². The zero-order valence-corrected chi connectivity index (χ0v) is 15.7. The lowest BCUT2D eigenvalue weighted by atomic mass is 9.76. The van der Waals surface area contributed by atoms with Gasteiger partial charge in [-0.05, 0) is 23.1 Å². The first-order chi connectivity index (χ1) is 13.7. The topological polar surface area (TPSA) is 41.5 Å². The first kappa shape index (κ1) is 18.9. The molecule has 0 amide bonds. The highest BCUT2D eigenvalue weighted by atomic mass is 16.5. The molecule has 4 heteroatoms. The zero-order valence-electron chi connectivity index (χ0n) is 15.7. The van der Waals surface area contributed by atoms with E-state index in [9.17, 15) is 5.11 Å². The highest BCUT2D eigenvalue weighted by Gasteiger charge is 2.42. The summed E-state index contributed by atoms with van der Waals surface area (Å²) in [7, 11) is 6.05. The largest absolute Gasteiger partial charge is 0.394 e. The van der Waals surface area contributed by atoms with Crippen LogP contribution in [0, 0.1) is 0 Å². The van der Waals surface area contributed by atoms with Crippen molar-refractivity contribution in [2.24, 2.45) is 0 Å². The highest BCUT2D eigenvalue weighted by Crippen LogP contribution is 2.38. The fraction of sp³-hybridized carbons (Fsp3) is 0.250. The van der Waals surface area contributed by atoms with Crippen LogP contribution in [0.1, 0.15) is 23.1 Å². The van der Waals surface area contributed by atoms with Crippen molar-refractivity contribution in [2.75, 3.05) is 6.61 Å². The third-order valence-corrected chi connectivity index (χ3v) is 5.49. The molecule has 1 aliphatic heterocycles. The van der Waals surface area contributed by atoms with Gasteiger partial charge in [-0.3, -0.25) is 5.32 Å². The molecule has 0 aromatic heterocycles. The smallest absolute Gasteiger partial charge is 0.109 e. The van der Waals surface area contributed by atoms with E-state index in [4.69, 9.17) is 12.6 Å². The maximum absolute atomic E-state index is 9.84. The number of aliphatic hydroxyl groups excluding tert-OH is 1. The van der Waals surface area contributed by atoms with Crippen LogP contribution in [-0.2, 0) is 10.3 Å². The van der Waals surface area contributed by atoms with Crippen molar-refractivity contribution in [1.82, 2.24) is 5.32 Å². The molecule has 1 saturated heterocycles. The van der Waals surface area contributed by atoms with E-state index in [1.807, 2.05) is 18.2 Å². The Bertz CT molecular complexity index is 776. The monoisotopic (exact) mass is 369 g/mol. The van der Waals surface area contributed by atoms with E-state index in [1.165, 1.54) is 0 Å². The minimum absolute atomic E-state index is 0.0696. The van der Waals surface area contributed by atoms with Gasteiger partial charge >= 0.3 is 0 Å². The molecule has 3 aromatic rings. The second-order valence-electron chi connectivity index (χ2n) is 7.23. The lowest BCUT2D eigenvalue weighted by Gasteiger charge is -2.40. The molecule has 2 N–H and O–H groups in total. The second-order valence-corrected chi connectivity index (χ2v) is 7.23. The maximum atomic E-state index is 9.84. The quantitative estimate of drug-likeness (QED) is 0.518. The molecular formula is C24H24BNO2. The Morgan fingerprint density at radius 2 is 1.25 bits per heavy atom. The summed E-state index contributed by atoms with van der Waals surface area (Å²) in [5.41, 5.74) is 2.80. The SMILES string of the molecule is [B][C@H]1CC(NC(c2ccccc2)(c2ccccc2)c2ccccc2)[C@@H](CO)O1. The minimum atomic E-state index is -0.588. The van der Waals surface area contributed by atoms with Gasteiger partial charge in [0.05, 0.1) is 18.2 Å². The Hall–Kier alpha value is -2.40. The van der Waals surface area contributed by atoms with Crippen LogP contribution in [0.25, 0.3) is 0 Å². The summed E-state index contributed by atoms with van der Waals surface area (Å²) in [5, 5.41) is 13.7. The summed E-state index contributed by atoms with van der Waals surface area (Å²) in [6, 6.07) is 30.7. The van der Waals surface area contributed by atoms with Gasteiger partial charge < -0.3 is 9.84 Å². The number of ether oxygens (including phenoxy) is 1. The zero-order chi connectivity index (χ0) is 19.4. The van der Waals surface area contributed by atoms with Gasteiger partial charge in [0, 0.05) is 12.0 Å². The van der Waals surface area contributed by atoms with E-state index >= 15 is 0 Å². The van der Waals surface area contributed by atoms with Crippen molar-refractivity contribution in [1.29, 1.82) is 0 Å². The van der Waals surface area contributed by atoms with E-state index in [0.29, 0.717) is 6.42 Å². The van der Waals surface area contributed by atoms with Crippen LogP contribution in [0.2, 0.25) is 0 Å². The van der Waals surface area contributed by atoms with E-state index in [2.05, 4.69) is 78.1 Å². The van der Waals surface area contributed by atoms with Gasteiger partial charge in [-0.2, -0.15) is 0 Å². The van der Waals surface area contributed by atoms with Crippen LogP contribution in [0.3, 0.4) is 0 Å². The number of nitrogens with one attached hydrogen (secondary N) is 1. The van der Waals surface area contributed by atoms with Gasteiger partial charge in [-0.15, -0.1) is 0 Å². The van der Waals surface area contributed by atoms with Gasteiger partial charge in [0.25, 0.3) is 0 Å². The van der Waals surface area contributed by atoms with Gasteiger partial charge in [0.2, 0.25) is 0 Å². The number of hydrogen-bond donors (Lipinski definition) is 2. The Morgan fingerprint density at radius 1 is 0.821 bits per heavy atom. The van der Waals surface area contributed by atoms with Crippen molar-refractivity contribution >= 4 is 7.85 Å². The van der Waals surface area contributed by atoms with Crippen molar-refractivity contribution in [3.05, 3.63) is 108 Å². The number of aliphatic hydroxyl groups is 1. The van der Waals surface area contributed by atoms with Crippen LogP contribution in [-0.4, -0.2) is 37.7 Å². The van der Waals surface area contributed by atoms with Crippen LogP contribution in [0.5, 0.6) is 0 Å². The molecular weight excluding hydrogens is 345 g/mol. The first-order valence-electron chi connectivity index (χ1n) is 9.70. The summed E-state index contributed by atoms with van der Waals surface area (Å²) in [6.07, 6.45) is 0.296. The van der Waals surface area contributed by atoms with Crippen LogP contribution in [0.15, 0.2) is 91.0 Å². The van der Waals surface area contributed by atoms with Crippen molar-refractivity contribution in [3.8, 4) is 0 Å². The molecule has 0 bridgehead atoms. The highest BCUT2D eigenvalue weighted by molar-refractivity contribution is 6.11. The molecule has 1 unspecified atom stereocenters. The van der Waals surface area contributed by atoms with E-state index in [1.54, 1.807) is 0 Å². The summed E-state index contributed by atoms with van der Waals surface area (Å²) in [5.74, 6) is 0. The Morgan fingerprint density at radius 3 is 1.64 bits per heavy atom. The third kappa shape index (κ3) is 3.51. The lowest BCUT2D eigenvalue weighted by molar-refractivity contribution is 0.0308. The normalized spacial score (nSPS) is 22.2. The van der Waals surface area contributed by atoms with Crippen molar-refractivity contribution in [3.63, 3.8) is 0 Å². The predicted octanol–water partition coefficient (Wildman–Crippen LogP) is 3.21. The van der Waals surface area contributed by atoms with Gasteiger partial charge in [-0.25, -0.2) is 0 Å². The Balaban J connectivity index is 1.91. The average molecular weight is 369 g/mol. The number of benzene rings is 3. The van der Waals surface area contributed by atoms with Crippen LogP contribution >= 0.6 is 0 Å². The van der Waals surface area contributed by atoms with Gasteiger partial charge in [0.1, 0.15) is 7.85 Å². The summed E-state index contributed by atoms with van der Waals surface area (Å²) in [4.78, 5) is 0. The Kier molecular flexibility index (Phi) is 5.63. The molecule has 1 fully saturated rings. The molecule has 3 nitrogen and oxygen atoms in total. The molecule has 1 heterocycles. The van der Waals surface area contributed by atoms with E-state index < -0.39 is 5.54 Å². The molecule has 1 aliphatic rings. The summed E-state index contributed by atoms with van der Waals surface area (Å²) >= 11 is 0. The molecule has 4 rings (SSSR count). The minimum Gasteiger partial charge on any atom is -0.394 e. The van der Waals surface area contributed by atoms with E-state index in [0.717, 1.165) is 16.7 Å². The van der Waals surface area contributed by atoms with Crippen LogP contribution < -0.4 is 5.32 Å². The predicted molar refractivity (Wildman–Crippen MR) is 112 cm³/mol. The molecule has 28 heavy (non-hydrogen) atoms. The Labute approximate surface area is 167 Å². The molecule has 0 spiro atoms. The first-order valence-corrected chi connectivity index (χ1v) is 9.70. The van der Waals surface area contributed by atoms with Crippen molar-refractivity contribution < 1.29 is 9.84 Å². The van der Waals surface area contributed by atoms with Crippen LogP contribution in [0.4, 0.5) is 0 Å². The lowest BCUT2D eigenvalue weighted by Crippen LogP contribution is -2.53. The van der Waals surface area contributed by atoms with Gasteiger partial charge in [0.15, 0.2) is 0 Å². The fourth-order valence-electron chi connectivity index (χ4n) is 4.19. The molecule has 3 atom stereocenters. The molecule has 3 aromatic carbocycles. The third-order valence-electron chi connectivity index (χ3n) is 5.49. The molecule has 2 radical (unpaired) electrons. The fourth-order valence-corrected chi connectivity index (χ4v) is 4.19. The summed E-state index contributed by atoms with van der Waals surface area (Å²) in [6.45, 7) is -0.0696. The van der Waals surface area contributed by atoms with E-state index in [-0.39, 0.29) is 24.8 Å². The van der Waals surface area contributed by atoms with Gasteiger partial charge in [-0.1, -0.05) is 91.0 Å². The molecule has 0 aliphatic carbocycles. The molecule has 0 saturated carbocycles. The standard InChI is InChI=1S/C24H24BNO2/c25-23-16-21(22(17-27)28-23)26-24(18-10-4-1-5-11-18,19-12-6-2-7-13-19)20-14-8-3-9-15-20/h1-15,21-23,26-27H,16-17H2/t21?,22-,23-/m1/s1. The summed E-state index contributed by atoms with van der Waals surface area (Å²) < 4.78 is 5.74. The second kappa shape index (κ2) is 8.32. The number of hydrogen-bond acceptors (Lipinski definition) is 3. The maximum Gasteiger partial charge on any atom is 0.109 e. The number of rotatable bonds is 6. The average Bonchev–Trinajstić information content (AvgIpc) is 3.13. The molecule has 140 valence electrons.